The van der Waals surface area contributed by atoms with E-state index in [-0.39, 0.29) is 53.9 Å². The highest BCUT2D eigenvalue weighted by Crippen LogP contribution is 2.37. The van der Waals surface area contributed by atoms with E-state index < -0.39 is 29.4 Å². The number of likely N-dealkylation sites (tertiary alicyclic amines) is 1. The number of aromatic nitrogens is 1. The number of ether oxygens (including phenoxy) is 2. The van der Waals surface area contributed by atoms with Crippen LogP contribution in [0.4, 0.5) is 0 Å². The van der Waals surface area contributed by atoms with Crippen molar-refractivity contribution in [1.82, 2.24) is 25.4 Å². The van der Waals surface area contributed by atoms with E-state index in [2.05, 4.69) is 20.5 Å². The molecule has 2 fully saturated rings. The van der Waals surface area contributed by atoms with Crippen LogP contribution in [0, 0.1) is 11.8 Å². The number of amides is 3. The molecule has 12 nitrogen and oxygen atoms in total. The molecule has 0 unspecified atom stereocenters. The number of methoxy groups -OCH3 is 1. The normalized spacial score (nSPS) is 19.5. The summed E-state index contributed by atoms with van der Waals surface area (Å²) in [6.07, 6.45) is 5.15. The third-order valence-corrected chi connectivity index (χ3v) is 11.3. The molecule has 13 heteroatoms. The van der Waals surface area contributed by atoms with Crippen LogP contribution in [-0.2, 0) is 35.1 Å². The molecule has 2 N–H and O–H groups in total. The van der Waals surface area contributed by atoms with Crippen LogP contribution in [0.1, 0.15) is 106 Å². The molecule has 1 aliphatic carbocycles. The minimum absolute atomic E-state index is 0.0207. The van der Waals surface area contributed by atoms with E-state index in [1.807, 2.05) is 51.2 Å². The van der Waals surface area contributed by atoms with Gasteiger partial charge in [0.2, 0.25) is 11.8 Å². The number of likely N-dealkylation sites (N-methyl/N-ethyl adjacent to an activating group) is 2. The lowest BCUT2D eigenvalue weighted by Gasteiger charge is -2.47. The van der Waals surface area contributed by atoms with Crippen molar-refractivity contribution in [3.8, 4) is 0 Å². The summed E-state index contributed by atoms with van der Waals surface area (Å²) in [4.78, 5) is 74.1. The molecule has 1 aromatic heterocycles. The first kappa shape index (κ1) is 39.9. The Hall–Kier alpha value is -3.84. The Labute approximate surface area is 306 Å². The van der Waals surface area contributed by atoms with E-state index in [9.17, 15) is 24.0 Å². The second-order valence-corrected chi connectivity index (χ2v) is 15.5. The number of thiazole rings is 1. The largest absolute Gasteiger partial charge is 0.469 e. The van der Waals surface area contributed by atoms with Gasteiger partial charge in [0.15, 0.2) is 6.10 Å². The van der Waals surface area contributed by atoms with Gasteiger partial charge in [-0.15, -0.1) is 11.3 Å². The van der Waals surface area contributed by atoms with Crippen LogP contribution in [0.3, 0.4) is 0 Å². The van der Waals surface area contributed by atoms with Gasteiger partial charge in [0, 0.05) is 37.9 Å². The van der Waals surface area contributed by atoms with Crippen molar-refractivity contribution >= 4 is 41.0 Å². The molecule has 0 bridgehead atoms. The summed E-state index contributed by atoms with van der Waals surface area (Å²) in [5, 5.41) is 8.27. The highest BCUT2D eigenvalue weighted by Gasteiger charge is 2.49. The van der Waals surface area contributed by atoms with Gasteiger partial charge in [-0.1, -0.05) is 57.5 Å². The Morgan fingerprint density at radius 3 is 2.35 bits per heavy atom. The van der Waals surface area contributed by atoms with Gasteiger partial charge >= 0.3 is 11.9 Å². The Kier molecular flexibility index (Phi) is 14.2. The van der Waals surface area contributed by atoms with Crippen LogP contribution in [0.25, 0.3) is 0 Å². The van der Waals surface area contributed by atoms with Gasteiger partial charge in [-0.3, -0.25) is 28.9 Å². The van der Waals surface area contributed by atoms with Gasteiger partial charge in [0.05, 0.1) is 19.1 Å². The molecular weight excluding hydrogens is 671 g/mol. The topological polar surface area (TPSA) is 147 Å². The van der Waals surface area contributed by atoms with Crippen molar-refractivity contribution in [1.29, 1.82) is 0 Å². The molecule has 2 aromatic rings. The number of esters is 2. The molecule has 51 heavy (non-hydrogen) atoms. The van der Waals surface area contributed by atoms with Crippen LogP contribution in [0.5, 0.6) is 0 Å². The van der Waals surface area contributed by atoms with E-state index in [4.69, 9.17) is 9.47 Å². The second kappa shape index (κ2) is 18.1. The third-order valence-electron chi connectivity index (χ3n) is 10.3. The lowest BCUT2D eigenvalue weighted by atomic mass is 9.74. The number of nitrogens with zero attached hydrogens (tertiary/aromatic N) is 3. The number of piperidine rings is 1. The number of carbonyl (C=O) groups is 5. The molecule has 1 saturated heterocycles. The SMILES string of the molecule is COC(=O)[C@@H](C)C[C@H](Cc1ccccc1)NC(=O)c1csc([C@@H](C[C@H](C(C)C)N(C)C(=O)C2(NC(=O)[C@H]3CCCCN3C)CCC2)OC(C)=O)n1. The van der Waals surface area contributed by atoms with Gasteiger partial charge in [-0.25, -0.2) is 4.98 Å². The highest BCUT2D eigenvalue weighted by atomic mass is 32.1. The molecule has 0 radical (unpaired) electrons. The number of benzene rings is 1. The molecule has 3 amide bonds. The van der Waals surface area contributed by atoms with Crippen LogP contribution >= 0.6 is 11.3 Å². The first-order valence-corrected chi connectivity index (χ1v) is 19.0. The first-order valence-electron chi connectivity index (χ1n) is 18.1. The molecule has 0 spiro atoms. The molecule has 5 atom stereocenters. The lowest BCUT2D eigenvalue weighted by molar-refractivity contribution is -0.152. The number of nitrogens with one attached hydrogen (secondary N) is 2. The van der Waals surface area contributed by atoms with Crippen molar-refractivity contribution in [3.63, 3.8) is 0 Å². The average Bonchev–Trinajstić information content (AvgIpc) is 3.58. The Morgan fingerprint density at radius 1 is 1.06 bits per heavy atom. The van der Waals surface area contributed by atoms with E-state index >= 15 is 0 Å². The minimum Gasteiger partial charge on any atom is -0.469 e. The second-order valence-electron chi connectivity index (χ2n) is 14.6. The maximum Gasteiger partial charge on any atom is 0.308 e. The Bertz CT molecular complexity index is 1510. The zero-order valence-corrected chi connectivity index (χ0v) is 31.9. The molecule has 1 aliphatic heterocycles. The molecule has 1 saturated carbocycles. The van der Waals surface area contributed by atoms with Crippen molar-refractivity contribution in [2.45, 2.75) is 115 Å². The smallest absolute Gasteiger partial charge is 0.308 e. The Balaban J connectivity index is 1.49. The highest BCUT2D eigenvalue weighted by molar-refractivity contribution is 7.09. The van der Waals surface area contributed by atoms with Crippen LogP contribution in [0.15, 0.2) is 35.7 Å². The van der Waals surface area contributed by atoms with Gasteiger partial charge < -0.3 is 25.0 Å². The summed E-state index contributed by atoms with van der Waals surface area (Å²) in [5.41, 5.74) is 0.226. The van der Waals surface area contributed by atoms with Gasteiger partial charge in [0.1, 0.15) is 16.2 Å². The summed E-state index contributed by atoms with van der Waals surface area (Å²) in [6.45, 7) is 7.96. The predicted molar refractivity (Wildman–Crippen MR) is 195 cm³/mol. The summed E-state index contributed by atoms with van der Waals surface area (Å²) < 4.78 is 10.7. The molecule has 2 aliphatic rings. The average molecular weight is 726 g/mol. The molecule has 280 valence electrons. The van der Waals surface area contributed by atoms with E-state index in [0.717, 1.165) is 37.8 Å². The summed E-state index contributed by atoms with van der Waals surface area (Å²) >= 11 is 1.21. The fourth-order valence-electron chi connectivity index (χ4n) is 7.25. The molecule has 4 rings (SSSR count). The molecule has 2 heterocycles. The van der Waals surface area contributed by atoms with Crippen LogP contribution in [0.2, 0.25) is 0 Å². The summed E-state index contributed by atoms with van der Waals surface area (Å²) in [7, 11) is 5.05. The van der Waals surface area contributed by atoms with Gasteiger partial charge in [-0.2, -0.15) is 0 Å². The fourth-order valence-corrected chi connectivity index (χ4v) is 8.09. The first-order chi connectivity index (χ1) is 24.2. The van der Waals surface area contributed by atoms with Crippen molar-refractivity contribution in [3.05, 3.63) is 52.0 Å². The van der Waals surface area contributed by atoms with Crippen molar-refractivity contribution in [2.24, 2.45) is 11.8 Å². The van der Waals surface area contributed by atoms with Crippen LogP contribution in [-0.4, -0.2) is 95.9 Å². The molecular formula is C38H55N5O7S. The standard InChI is InChI=1S/C38H55N5O7S/c1-24(2)31(43(6)37(48)38(17-13-18-38)41-34(46)30-16-11-12-19-42(30)5)22-32(50-26(4)44)35-40-29(23-51-35)33(45)39-28(20-25(3)36(47)49-7)21-27-14-9-8-10-15-27/h8-10,14-15,23-25,28,30-32H,11-13,16-22H2,1-7H3,(H,39,45)(H,41,46)/t25-,28+,30+,31+,32+/m0/s1. The van der Waals surface area contributed by atoms with Crippen molar-refractivity contribution < 1.29 is 33.4 Å². The number of carbonyl (C=O) groups excluding carboxylic acids is 5. The lowest BCUT2D eigenvalue weighted by Crippen LogP contribution is -2.66. The number of rotatable bonds is 16. The Morgan fingerprint density at radius 2 is 1.76 bits per heavy atom. The zero-order valence-electron chi connectivity index (χ0n) is 31.1. The molecule has 1 aromatic carbocycles. The van der Waals surface area contributed by atoms with E-state index in [1.165, 1.54) is 25.4 Å². The summed E-state index contributed by atoms with van der Waals surface area (Å²) in [6, 6.07) is 8.73. The number of hydrogen-bond acceptors (Lipinski definition) is 10. The maximum absolute atomic E-state index is 14.2. The summed E-state index contributed by atoms with van der Waals surface area (Å²) in [5.74, 6) is -1.96. The third kappa shape index (κ3) is 10.4. The zero-order chi connectivity index (χ0) is 37.3. The van der Waals surface area contributed by atoms with Gasteiger partial charge in [-0.05, 0) is 70.0 Å². The van der Waals surface area contributed by atoms with Gasteiger partial charge in [0.25, 0.3) is 5.91 Å². The maximum atomic E-state index is 14.2. The van der Waals surface area contributed by atoms with Crippen LogP contribution < -0.4 is 10.6 Å². The predicted octanol–water partition coefficient (Wildman–Crippen LogP) is 4.68. The fraction of sp³-hybridized carbons (Fsp3) is 0.632. The minimum atomic E-state index is -0.956. The van der Waals surface area contributed by atoms with Crippen molar-refractivity contribution in [2.75, 3.05) is 27.7 Å². The number of hydrogen-bond donors (Lipinski definition) is 2. The monoisotopic (exact) mass is 725 g/mol. The quantitative estimate of drug-likeness (QED) is 0.236. The van der Waals surface area contributed by atoms with E-state index in [0.29, 0.717) is 30.7 Å². The van der Waals surface area contributed by atoms with E-state index in [1.54, 1.807) is 24.3 Å².